The average molecular weight is 190 g/mol. The summed E-state index contributed by atoms with van der Waals surface area (Å²) in [5, 5.41) is 9.11. The number of hydrogen-bond donors (Lipinski definition) is 0. The standard InChI is InChI=1S/C9H4ClN3/c10-7-2-1-3-8-9(7)13-6(4-11)5-12-8/h1-3,5H. The van der Waals surface area contributed by atoms with Gasteiger partial charge >= 0.3 is 0 Å². The Kier molecular flexibility index (Phi) is 1.84. The highest BCUT2D eigenvalue weighted by atomic mass is 35.5. The van der Waals surface area contributed by atoms with Gasteiger partial charge in [0.15, 0.2) is 5.69 Å². The number of para-hydroxylation sites is 1. The van der Waals surface area contributed by atoms with E-state index in [1.807, 2.05) is 6.07 Å². The second kappa shape index (κ2) is 3.00. The fourth-order valence-electron chi connectivity index (χ4n) is 1.05. The van der Waals surface area contributed by atoms with Crippen LogP contribution < -0.4 is 0 Å². The maximum Gasteiger partial charge on any atom is 0.159 e. The van der Waals surface area contributed by atoms with E-state index < -0.39 is 0 Å². The molecule has 0 fully saturated rings. The van der Waals surface area contributed by atoms with E-state index >= 15 is 0 Å². The van der Waals surface area contributed by atoms with Crippen LogP contribution in [0.25, 0.3) is 11.0 Å². The molecule has 3 nitrogen and oxygen atoms in total. The van der Waals surface area contributed by atoms with Crippen molar-refractivity contribution in [2.45, 2.75) is 0 Å². The molecule has 0 radical (unpaired) electrons. The third-order valence-corrected chi connectivity index (χ3v) is 1.94. The smallest absolute Gasteiger partial charge is 0.159 e. The number of rotatable bonds is 0. The fourth-order valence-corrected chi connectivity index (χ4v) is 1.26. The van der Waals surface area contributed by atoms with Gasteiger partial charge in [0.2, 0.25) is 0 Å². The molecule has 0 saturated carbocycles. The maximum atomic E-state index is 8.59. The maximum absolute atomic E-state index is 8.59. The summed E-state index contributed by atoms with van der Waals surface area (Å²) >= 11 is 5.87. The first-order valence-corrected chi connectivity index (χ1v) is 4.00. The zero-order chi connectivity index (χ0) is 9.26. The predicted molar refractivity (Wildman–Crippen MR) is 49.3 cm³/mol. The predicted octanol–water partition coefficient (Wildman–Crippen LogP) is 2.15. The lowest BCUT2D eigenvalue weighted by Crippen LogP contribution is -1.88. The largest absolute Gasteiger partial charge is 0.252 e. The van der Waals surface area contributed by atoms with Gasteiger partial charge in [-0.1, -0.05) is 17.7 Å². The minimum Gasteiger partial charge on any atom is -0.252 e. The van der Waals surface area contributed by atoms with Crippen LogP contribution in [0.4, 0.5) is 0 Å². The first-order valence-electron chi connectivity index (χ1n) is 3.62. The highest BCUT2D eigenvalue weighted by molar-refractivity contribution is 6.34. The van der Waals surface area contributed by atoms with Gasteiger partial charge in [0.05, 0.1) is 16.7 Å². The van der Waals surface area contributed by atoms with Crippen LogP contribution in [0.15, 0.2) is 24.4 Å². The first kappa shape index (κ1) is 7.96. The number of nitrogens with zero attached hydrogens (tertiary/aromatic N) is 3. The molecule has 0 aliphatic rings. The van der Waals surface area contributed by atoms with E-state index in [-0.39, 0.29) is 5.69 Å². The van der Waals surface area contributed by atoms with E-state index in [9.17, 15) is 0 Å². The van der Waals surface area contributed by atoms with E-state index in [2.05, 4.69) is 9.97 Å². The summed E-state index contributed by atoms with van der Waals surface area (Å²) in [5.41, 5.74) is 1.55. The van der Waals surface area contributed by atoms with Crippen molar-refractivity contribution in [3.8, 4) is 6.07 Å². The molecule has 0 spiro atoms. The van der Waals surface area contributed by atoms with Crippen LogP contribution in [0.1, 0.15) is 5.69 Å². The molecule has 0 aliphatic carbocycles. The van der Waals surface area contributed by atoms with E-state index in [1.54, 1.807) is 18.2 Å². The van der Waals surface area contributed by atoms with Crippen molar-refractivity contribution < 1.29 is 0 Å². The number of halogens is 1. The highest BCUT2D eigenvalue weighted by Crippen LogP contribution is 2.19. The van der Waals surface area contributed by atoms with Gasteiger partial charge in [-0.25, -0.2) is 4.98 Å². The van der Waals surface area contributed by atoms with Gasteiger partial charge in [0.1, 0.15) is 11.6 Å². The third-order valence-electron chi connectivity index (χ3n) is 1.64. The summed E-state index contributed by atoms with van der Waals surface area (Å²) in [6.45, 7) is 0. The van der Waals surface area contributed by atoms with Crippen LogP contribution >= 0.6 is 11.6 Å². The second-order valence-electron chi connectivity index (χ2n) is 2.47. The van der Waals surface area contributed by atoms with E-state index in [0.717, 1.165) is 0 Å². The minimum absolute atomic E-state index is 0.278. The molecule has 0 saturated heterocycles. The Bertz CT molecular complexity index is 502. The van der Waals surface area contributed by atoms with Crippen LogP contribution in [0.2, 0.25) is 5.02 Å². The fraction of sp³-hybridized carbons (Fsp3) is 0. The lowest BCUT2D eigenvalue weighted by atomic mass is 10.3. The Morgan fingerprint density at radius 2 is 2.23 bits per heavy atom. The van der Waals surface area contributed by atoms with Crippen LogP contribution in [-0.4, -0.2) is 9.97 Å². The summed E-state index contributed by atoms with van der Waals surface area (Å²) in [4.78, 5) is 8.08. The van der Waals surface area contributed by atoms with Crippen molar-refractivity contribution in [1.82, 2.24) is 9.97 Å². The molecule has 0 aliphatic heterocycles. The number of fused-ring (bicyclic) bond motifs is 1. The SMILES string of the molecule is N#Cc1cnc2cccc(Cl)c2n1. The normalized spacial score (nSPS) is 9.85. The van der Waals surface area contributed by atoms with Crippen molar-refractivity contribution in [2.24, 2.45) is 0 Å². The Morgan fingerprint density at radius 1 is 1.38 bits per heavy atom. The lowest BCUT2D eigenvalue weighted by Gasteiger charge is -1.97. The molecule has 4 heteroatoms. The lowest BCUT2D eigenvalue weighted by molar-refractivity contribution is 1.24. The van der Waals surface area contributed by atoms with Gasteiger partial charge in [0, 0.05) is 0 Å². The molecule has 0 unspecified atom stereocenters. The number of benzene rings is 1. The van der Waals surface area contributed by atoms with Crippen molar-refractivity contribution in [1.29, 1.82) is 5.26 Å². The Labute approximate surface area is 79.6 Å². The molecule has 0 bridgehead atoms. The number of nitriles is 1. The molecule has 1 aromatic carbocycles. The van der Waals surface area contributed by atoms with Crippen LogP contribution in [0, 0.1) is 11.3 Å². The van der Waals surface area contributed by atoms with Crippen LogP contribution in [0.3, 0.4) is 0 Å². The molecule has 0 atom stereocenters. The highest BCUT2D eigenvalue weighted by Gasteiger charge is 2.01. The van der Waals surface area contributed by atoms with Crippen molar-refractivity contribution in [2.75, 3.05) is 0 Å². The van der Waals surface area contributed by atoms with Gasteiger partial charge < -0.3 is 0 Å². The molecular formula is C9H4ClN3. The second-order valence-corrected chi connectivity index (χ2v) is 2.88. The van der Waals surface area contributed by atoms with E-state index in [0.29, 0.717) is 16.1 Å². The molecule has 0 amide bonds. The Morgan fingerprint density at radius 3 is 3.00 bits per heavy atom. The molecule has 2 rings (SSSR count). The van der Waals surface area contributed by atoms with Gasteiger partial charge in [-0.05, 0) is 12.1 Å². The van der Waals surface area contributed by atoms with Gasteiger partial charge in [-0.15, -0.1) is 0 Å². The van der Waals surface area contributed by atoms with E-state index in [4.69, 9.17) is 16.9 Å². The summed E-state index contributed by atoms with van der Waals surface area (Å²) in [7, 11) is 0. The average Bonchev–Trinajstić information content (AvgIpc) is 2.18. The third kappa shape index (κ3) is 1.32. The van der Waals surface area contributed by atoms with E-state index in [1.165, 1.54) is 6.20 Å². The molecule has 62 valence electrons. The van der Waals surface area contributed by atoms with Crippen molar-refractivity contribution in [3.63, 3.8) is 0 Å². The summed E-state index contributed by atoms with van der Waals surface area (Å²) < 4.78 is 0. The summed E-state index contributed by atoms with van der Waals surface area (Å²) in [5.74, 6) is 0. The molecule has 0 N–H and O–H groups in total. The van der Waals surface area contributed by atoms with Gasteiger partial charge in [0.25, 0.3) is 0 Å². The minimum atomic E-state index is 0.278. The molecule has 1 aromatic heterocycles. The first-order chi connectivity index (χ1) is 6.31. The number of aromatic nitrogens is 2. The zero-order valence-electron chi connectivity index (χ0n) is 6.53. The van der Waals surface area contributed by atoms with Gasteiger partial charge in [-0.3, -0.25) is 4.98 Å². The molecule has 1 heterocycles. The molecule has 2 aromatic rings. The van der Waals surface area contributed by atoms with Crippen molar-refractivity contribution >= 4 is 22.6 Å². The molecule has 13 heavy (non-hydrogen) atoms. The number of hydrogen-bond acceptors (Lipinski definition) is 3. The monoisotopic (exact) mass is 189 g/mol. The summed E-state index contributed by atoms with van der Waals surface area (Å²) in [6, 6.07) is 7.23. The van der Waals surface area contributed by atoms with Gasteiger partial charge in [-0.2, -0.15) is 5.26 Å². The Hall–Kier alpha value is -1.66. The summed E-state index contributed by atoms with van der Waals surface area (Å²) in [6.07, 6.45) is 1.43. The molecular weight excluding hydrogens is 186 g/mol. The van der Waals surface area contributed by atoms with Crippen molar-refractivity contribution in [3.05, 3.63) is 35.1 Å². The van der Waals surface area contributed by atoms with Crippen LogP contribution in [-0.2, 0) is 0 Å². The topological polar surface area (TPSA) is 49.6 Å². The van der Waals surface area contributed by atoms with Crippen LogP contribution in [0.5, 0.6) is 0 Å². The Balaban J connectivity index is 2.84. The zero-order valence-corrected chi connectivity index (χ0v) is 7.28. The quantitative estimate of drug-likeness (QED) is 0.638.